The molecular weight excluding hydrogens is 306 g/mol. The van der Waals surface area contributed by atoms with Crippen LogP contribution in [0, 0.1) is 0 Å². The molecule has 2 rings (SSSR count). The van der Waals surface area contributed by atoms with E-state index in [9.17, 15) is 0 Å². The van der Waals surface area contributed by atoms with Gasteiger partial charge in [-0.15, -0.1) is 5.10 Å². The average Bonchev–Trinajstić information content (AvgIpc) is 2.80. The third kappa shape index (κ3) is 4.11. The highest BCUT2D eigenvalue weighted by Gasteiger charge is 2.14. The smallest absolute Gasteiger partial charge is 0.0845 e. The lowest BCUT2D eigenvalue weighted by Crippen LogP contribution is -2.24. The molecule has 2 aromatic heterocycles. The first-order chi connectivity index (χ1) is 9.19. The Morgan fingerprint density at radius 3 is 2.89 bits per heavy atom. The van der Waals surface area contributed by atoms with Gasteiger partial charge in [-0.3, -0.25) is 9.67 Å². The number of aromatic nitrogens is 4. The van der Waals surface area contributed by atoms with Crippen LogP contribution < -0.4 is 5.32 Å². The zero-order valence-corrected chi connectivity index (χ0v) is 12.8. The van der Waals surface area contributed by atoms with Crippen LogP contribution in [-0.4, -0.2) is 26.5 Å². The lowest BCUT2D eigenvalue weighted by atomic mass is 10.0. The molecule has 5 nitrogen and oxygen atoms in total. The fourth-order valence-corrected chi connectivity index (χ4v) is 2.33. The van der Waals surface area contributed by atoms with Crippen molar-refractivity contribution in [3.05, 3.63) is 40.4 Å². The second-order valence-electron chi connectivity index (χ2n) is 4.53. The highest BCUT2D eigenvalue weighted by molar-refractivity contribution is 9.10. The van der Waals surface area contributed by atoms with Gasteiger partial charge in [0.25, 0.3) is 0 Å². The molecule has 0 spiro atoms. The van der Waals surface area contributed by atoms with Crippen molar-refractivity contribution in [1.82, 2.24) is 25.3 Å². The molecule has 0 amide bonds. The minimum Gasteiger partial charge on any atom is -0.310 e. The normalized spacial score (nSPS) is 12.6. The fourth-order valence-electron chi connectivity index (χ4n) is 1.94. The summed E-state index contributed by atoms with van der Waals surface area (Å²) in [5, 5.41) is 11.7. The van der Waals surface area contributed by atoms with Gasteiger partial charge in [-0.25, -0.2) is 0 Å². The van der Waals surface area contributed by atoms with Crippen LogP contribution in [0.3, 0.4) is 0 Å². The summed E-state index contributed by atoms with van der Waals surface area (Å²) in [7, 11) is 1.88. The number of aryl methyl sites for hydroxylation is 1. The Kier molecular flexibility index (Phi) is 5.04. The van der Waals surface area contributed by atoms with Crippen LogP contribution in [0.15, 0.2) is 29.1 Å². The van der Waals surface area contributed by atoms with E-state index in [0.29, 0.717) is 0 Å². The van der Waals surface area contributed by atoms with Gasteiger partial charge in [-0.05, 0) is 40.5 Å². The van der Waals surface area contributed by atoms with Gasteiger partial charge >= 0.3 is 0 Å². The average molecular weight is 324 g/mol. The number of hydrogen-bond acceptors (Lipinski definition) is 4. The van der Waals surface area contributed by atoms with E-state index in [1.807, 2.05) is 19.4 Å². The molecule has 19 heavy (non-hydrogen) atoms. The van der Waals surface area contributed by atoms with Crippen LogP contribution in [0.2, 0.25) is 0 Å². The molecule has 1 N–H and O–H groups in total. The van der Waals surface area contributed by atoms with Crippen molar-refractivity contribution in [1.29, 1.82) is 0 Å². The molecule has 2 aromatic rings. The monoisotopic (exact) mass is 323 g/mol. The minimum absolute atomic E-state index is 0.210. The number of rotatable bonds is 6. The molecule has 102 valence electrons. The molecule has 0 fully saturated rings. The SMILES string of the molecule is CCCNC(Cc1cn(C)nn1)c1cncc(Br)c1. The van der Waals surface area contributed by atoms with E-state index in [1.54, 1.807) is 10.9 Å². The molecule has 1 atom stereocenters. The Labute approximate surface area is 121 Å². The van der Waals surface area contributed by atoms with Crippen molar-refractivity contribution < 1.29 is 0 Å². The van der Waals surface area contributed by atoms with Gasteiger partial charge in [0.15, 0.2) is 0 Å². The van der Waals surface area contributed by atoms with E-state index in [2.05, 4.69) is 49.5 Å². The van der Waals surface area contributed by atoms with Gasteiger partial charge in [-0.1, -0.05) is 12.1 Å². The van der Waals surface area contributed by atoms with E-state index in [1.165, 1.54) is 0 Å². The molecule has 6 heteroatoms. The minimum atomic E-state index is 0.210. The first-order valence-corrected chi connectivity index (χ1v) is 7.17. The molecule has 0 aliphatic heterocycles. The van der Waals surface area contributed by atoms with Gasteiger partial charge in [0.2, 0.25) is 0 Å². The van der Waals surface area contributed by atoms with Crippen molar-refractivity contribution in [2.24, 2.45) is 7.05 Å². The summed E-state index contributed by atoms with van der Waals surface area (Å²) in [6.45, 7) is 3.13. The summed E-state index contributed by atoms with van der Waals surface area (Å²) >= 11 is 3.47. The molecule has 2 heterocycles. The van der Waals surface area contributed by atoms with Gasteiger partial charge in [0.1, 0.15) is 0 Å². The van der Waals surface area contributed by atoms with Crippen molar-refractivity contribution in [3.8, 4) is 0 Å². The Hall–Kier alpha value is -1.27. The first-order valence-electron chi connectivity index (χ1n) is 6.38. The summed E-state index contributed by atoms with van der Waals surface area (Å²) in [5.74, 6) is 0. The van der Waals surface area contributed by atoms with Gasteiger partial charge < -0.3 is 5.32 Å². The Morgan fingerprint density at radius 1 is 1.42 bits per heavy atom. The van der Waals surface area contributed by atoms with E-state index >= 15 is 0 Å². The fraction of sp³-hybridized carbons (Fsp3) is 0.462. The van der Waals surface area contributed by atoms with Crippen LogP contribution in [-0.2, 0) is 13.5 Å². The van der Waals surface area contributed by atoms with E-state index < -0.39 is 0 Å². The van der Waals surface area contributed by atoms with Gasteiger partial charge in [-0.2, -0.15) is 0 Å². The van der Waals surface area contributed by atoms with Gasteiger partial charge in [0.05, 0.1) is 5.69 Å². The molecule has 0 aliphatic carbocycles. The topological polar surface area (TPSA) is 55.6 Å². The summed E-state index contributed by atoms with van der Waals surface area (Å²) in [4.78, 5) is 4.23. The zero-order valence-electron chi connectivity index (χ0n) is 11.2. The van der Waals surface area contributed by atoms with Crippen molar-refractivity contribution in [2.45, 2.75) is 25.8 Å². The third-order valence-electron chi connectivity index (χ3n) is 2.83. The maximum atomic E-state index is 4.23. The summed E-state index contributed by atoms with van der Waals surface area (Å²) < 4.78 is 2.72. The van der Waals surface area contributed by atoms with Crippen LogP contribution in [0.4, 0.5) is 0 Å². The number of pyridine rings is 1. The molecule has 0 saturated carbocycles. The van der Waals surface area contributed by atoms with Crippen molar-refractivity contribution in [3.63, 3.8) is 0 Å². The summed E-state index contributed by atoms with van der Waals surface area (Å²) in [6, 6.07) is 2.30. The predicted molar refractivity (Wildman–Crippen MR) is 77.7 cm³/mol. The number of nitrogens with one attached hydrogen (secondary N) is 1. The predicted octanol–water partition coefficient (Wildman–Crippen LogP) is 2.26. The maximum absolute atomic E-state index is 4.23. The van der Waals surface area contributed by atoms with Gasteiger partial charge in [0, 0.05) is 42.6 Å². The summed E-state index contributed by atoms with van der Waals surface area (Å²) in [5.41, 5.74) is 2.14. The Balaban J connectivity index is 2.15. The van der Waals surface area contributed by atoms with Crippen LogP contribution in [0.25, 0.3) is 0 Å². The van der Waals surface area contributed by atoms with Crippen LogP contribution in [0.5, 0.6) is 0 Å². The zero-order chi connectivity index (χ0) is 13.7. The first kappa shape index (κ1) is 14.1. The molecule has 0 aromatic carbocycles. The third-order valence-corrected chi connectivity index (χ3v) is 3.27. The molecule has 0 saturated heterocycles. The second kappa shape index (κ2) is 6.77. The number of hydrogen-bond donors (Lipinski definition) is 1. The Morgan fingerprint density at radius 2 is 2.26 bits per heavy atom. The molecule has 0 bridgehead atoms. The van der Waals surface area contributed by atoms with Crippen LogP contribution in [0.1, 0.15) is 30.6 Å². The second-order valence-corrected chi connectivity index (χ2v) is 5.45. The van der Waals surface area contributed by atoms with E-state index in [0.717, 1.165) is 35.1 Å². The number of halogens is 1. The van der Waals surface area contributed by atoms with Crippen molar-refractivity contribution >= 4 is 15.9 Å². The molecule has 0 aliphatic rings. The van der Waals surface area contributed by atoms with Crippen molar-refractivity contribution in [2.75, 3.05) is 6.54 Å². The lowest BCUT2D eigenvalue weighted by molar-refractivity contribution is 0.522. The standard InChI is InChI=1S/C13H18BrN5/c1-3-4-16-13(6-12-9-19(2)18-17-12)10-5-11(14)8-15-7-10/h5,7-9,13,16H,3-4,6H2,1-2H3. The largest absolute Gasteiger partial charge is 0.310 e. The molecular formula is C13H18BrN5. The quantitative estimate of drug-likeness (QED) is 0.885. The van der Waals surface area contributed by atoms with Crippen LogP contribution >= 0.6 is 15.9 Å². The van der Waals surface area contributed by atoms with E-state index in [-0.39, 0.29) is 6.04 Å². The maximum Gasteiger partial charge on any atom is 0.0845 e. The molecule has 1 unspecified atom stereocenters. The van der Waals surface area contributed by atoms with E-state index in [4.69, 9.17) is 0 Å². The highest BCUT2D eigenvalue weighted by atomic mass is 79.9. The highest BCUT2D eigenvalue weighted by Crippen LogP contribution is 2.20. The Bertz CT molecular complexity index is 525. The molecule has 0 radical (unpaired) electrons. The summed E-state index contributed by atoms with van der Waals surface area (Å²) in [6.07, 6.45) is 7.55. The number of nitrogens with zero attached hydrogens (tertiary/aromatic N) is 4. The lowest BCUT2D eigenvalue weighted by Gasteiger charge is -2.17.